The fourth-order valence-electron chi connectivity index (χ4n) is 2.47. The first-order chi connectivity index (χ1) is 8.13. The van der Waals surface area contributed by atoms with Gasteiger partial charge in [0, 0.05) is 23.5 Å². The van der Waals surface area contributed by atoms with E-state index in [-0.39, 0.29) is 18.0 Å². The number of rotatable bonds is 2. The van der Waals surface area contributed by atoms with Crippen molar-refractivity contribution in [3.05, 3.63) is 34.3 Å². The minimum absolute atomic E-state index is 0.0127. The van der Waals surface area contributed by atoms with E-state index in [1.54, 1.807) is 0 Å². The Hall–Kier alpha value is -0.870. The molecule has 0 radical (unpaired) electrons. The van der Waals surface area contributed by atoms with Crippen molar-refractivity contribution in [3.8, 4) is 0 Å². The van der Waals surface area contributed by atoms with Gasteiger partial charge in [0.25, 0.3) is 0 Å². The molecule has 1 fully saturated rings. The molecule has 92 valence electrons. The number of carbonyl (C=O) groups is 1. The van der Waals surface area contributed by atoms with Gasteiger partial charge in [0.2, 0.25) is 5.91 Å². The third kappa shape index (κ3) is 2.53. The normalized spacial score (nSPS) is 25.1. The third-order valence-corrected chi connectivity index (χ3v) is 3.78. The molecule has 17 heavy (non-hydrogen) atoms. The highest BCUT2D eigenvalue weighted by Gasteiger charge is 2.33. The number of nitrogens with zero attached hydrogens (tertiary/aromatic N) is 1. The first-order valence-electron chi connectivity index (χ1n) is 5.94. The number of carbonyl (C=O) groups excluding carboxylic acids is 1. The van der Waals surface area contributed by atoms with Crippen molar-refractivity contribution < 1.29 is 4.79 Å². The first kappa shape index (κ1) is 12.6. The highest BCUT2D eigenvalue weighted by atomic mass is 79.9. The number of nitrogens with two attached hydrogens (primary N) is 1. The minimum atomic E-state index is 0.0127. The summed E-state index contributed by atoms with van der Waals surface area (Å²) in [7, 11) is 0. The van der Waals surface area contributed by atoms with Gasteiger partial charge in [-0.3, -0.25) is 4.79 Å². The molecule has 1 aliphatic rings. The Morgan fingerprint density at radius 2 is 2.29 bits per heavy atom. The van der Waals surface area contributed by atoms with Gasteiger partial charge in [-0.05, 0) is 31.0 Å². The van der Waals surface area contributed by atoms with E-state index in [4.69, 9.17) is 5.73 Å². The van der Waals surface area contributed by atoms with Crippen LogP contribution < -0.4 is 5.73 Å². The zero-order valence-electron chi connectivity index (χ0n) is 9.90. The lowest BCUT2D eigenvalue weighted by Gasteiger charge is -2.39. The summed E-state index contributed by atoms with van der Waals surface area (Å²) in [5, 5.41) is 0. The van der Waals surface area contributed by atoms with Gasteiger partial charge in [-0.2, -0.15) is 0 Å². The molecule has 1 aliphatic heterocycles. The highest BCUT2D eigenvalue weighted by Crippen LogP contribution is 2.31. The zero-order chi connectivity index (χ0) is 12.4. The van der Waals surface area contributed by atoms with Crippen molar-refractivity contribution in [2.75, 3.05) is 6.54 Å². The van der Waals surface area contributed by atoms with Gasteiger partial charge in [0.1, 0.15) is 0 Å². The summed E-state index contributed by atoms with van der Waals surface area (Å²) >= 11 is 3.46. The van der Waals surface area contributed by atoms with Crippen LogP contribution in [0.2, 0.25) is 0 Å². The van der Waals surface area contributed by atoms with Gasteiger partial charge < -0.3 is 10.6 Å². The largest absolute Gasteiger partial charge is 0.334 e. The molecule has 2 rings (SSSR count). The van der Waals surface area contributed by atoms with Gasteiger partial charge in [-0.15, -0.1) is 0 Å². The van der Waals surface area contributed by atoms with Crippen LogP contribution >= 0.6 is 15.9 Å². The van der Waals surface area contributed by atoms with Crippen molar-refractivity contribution in [2.24, 2.45) is 5.73 Å². The maximum Gasteiger partial charge on any atom is 0.223 e. The summed E-state index contributed by atoms with van der Waals surface area (Å²) in [6.07, 6.45) is 1.34. The van der Waals surface area contributed by atoms with Crippen molar-refractivity contribution in [1.29, 1.82) is 0 Å². The Balaban J connectivity index is 2.35. The smallest absolute Gasteiger partial charge is 0.223 e. The van der Waals surface area contributed by atoms with Crippen molar-refractivity contribution >= 4 is 21.8 Å². The van der Waals surface area contributed by atoms with Gasteiger partial charge >= 0.3 is 0 Å². The quantitative estimate of drug-likeness (QED) is 0.911. The molecule has 2 N–H and O–H groups in total. The number of piperidine rings is 1. The lowest BCUT2D eigenvalue weighted by Crippen LogP contribution is -2.48. The van der Waals surface area contributed by atoms with E-state index in [2.05, 4.69) is 15.9 Å². The number of likely N-dealkylation sites (N-methyl/N-ethyl adjacent to an activating group) is 1. The van der Waals surface area contributed by atoms with Crippen molar-refractivity contribution in [3.63, 3.8) is 0 Å². The van der Waals surface area contributed by atoms with E-state index < -0.39 is 0 Å². The fourth-order valence-corrected chi connectivity index (χ4v) is 2.89. The third-order valence-electron chi connectivity index (χ3n) is 3.28. The van der Waals surface area contributed by atoms with Crippen LogP contribution in [0.3, 0.4) is 0 Å². The summed E-state index contributed by atoms with van der Waals surface area (Å²) in [6.45, 7) is 2.71. The van der Waals surface area contributed by atoms with Crippen LogP contribution in [0.4, 0.5) is 0 Å². The van der Waals surface area contributed by atoms with E-state index in [0.29, 0.717) is 13.0 Å². The standard InChI is InChI=1S/C13H17BrN2O/c1-2-16-12(17)7-6-11(15)13(16)9-4-3-5-10(14)8-9/h3-5,8,11,13H,2,6-7,15H2,1H3. The van der Waals surface area contributed by atoms with Crippen LogP contribution in [-0.2, 0) is 4.79 Å². The molecule has 2 unspecified atom stereocenters. The lowest BCUT2D eigenvalue weighted by atomic mass is 9.90. The number of hydrogen-bond acceptors (Lipinski definition) is 2. The SMILES string of the molecule is CCN1C(=O)CCC(N)C1c1cccc(Br)c1. The highest BCUT2D eigenvalue weighted by molar-refractivity contribution is 9.10. The number of halogens is 1. The number of amides is 1. The Kier molecular flexibility index (Phi) is 3.84. The molecule has 3 nitrogen and oxygen atoms in total. The summed E-state index contributed by atoms with van der Waals surface area (Å²) in [5.41, 5.74) is 7.29. The fraction of sp³-hybridized carbons (Fsp3) is 0.462. The lowest BCUT2D eigenvalue weighted by molar-refractivity contribution is -0.137. The predicted octanol–water partition coefficient (Wildman–Crippen LogP) is 2.46. The van der Waals surface area contributed by atoms with Crippen LogP contribution in [-0.4, -0.2) is 23.4 Å². The summed E-state index contributed by atoms with van der Waals surface area (Å²) < 4.78 is 1.02. The zero-order valence-corrected chi connectivity index (χ0v) is 11.5. The van der Waals surface area contributed by atoms with E-state index in [0.717, 1.165) is 16.5 Å². The molecule has 1 saturated heterocycles. The Labute approximate surface area is 110 Å². The van der Waals surface area contributed by atoms with Gasteiger partial charge in [0.15, 0.2) is 0 Å². The van der Waals surface area contributed by atoms with Gasteiger partial charge in [0.05, 0.1) is 6.04 Å². The molecule has 1 aromatic rings. The van der Waals surface area contributed by atoms with Gasteiger partial charge in [-0.1, -0.05) is 28.1 Å². The van der Waals surface area contributed by atoms with E-state index in [9.17, 15) is 4.79 Å². The molecule has 0 aromatic heterocycles. The first-order valence-corrected chi connectivity index (χ1v) is 6.73. The maximum absolute atomic E-state index is 11.9. The molecular formula is C13H17BrN2O. The average molecular weight is 297 g/mol. The van der Waals surface area contributed by atoms with Crippen LogP contribution in [0.1, 0.15) is 31.4 Å². The molecule has 2 atom stereocenters. The Morgan fingerprint density at radius 1 is 1.53 bits per heavy atom. The minimum Gasteiger partial charge on any atom is -0.334 e. The number of hydrogen-bond donors (Lipinski definition) is 1. The second-order valence-corrected chi connectivity index (χ2v) is 5.30. The Bertz CT molecular complexity index is 422. The van der Waals surface area contributed by atoms with E-state index in [1.165, 1.54) is 0 Å². The summed E-state index contributed by atoms with van der Waals surface area (Å²) in [6, 6.07) is 8.10. The number of benzene rings is 1. The summed E-state index contributed by atoms with van der Waals surface area (Å²) in [5.74, 6) is 0.208. The van der Waals surface area contributed by atoms with Crippen LogP contribution in [0.15, 0.2) is 28.7 Å². The monoisotopic (exact) mass is 296 g/mol. The van der Waals surface area contributed by atoms with E-state index in [1.807, 2.05) is 36.1 Å². The number of likely N-dealkylation sites (tertiary alicyclic amines) is 1. The van der Waals surface area contributed by atoms with E-state index >= 15 is 0 Å². The second kappa shape index (κ2) is 5.19. The van der Waals surface area contributed by atoms with Crippen molar-refractivity contribution in [2.45, 2.75) is 31.8 Å². The Morgan fingerprint density at radius 3 is 2.94 bits per heavy atom. The maximum atomic E-state index is 11.9. The topological polar surface area (TPSA) is 46.3 Å². The average Bonchev–Trinajstić information content (AvgIpc) is 2.31. The van der Waals surface area contributed by atoms with Crippen molar-refractivity contribution in [1.82, 2.24) is 4.90 Å². The molecule has 0 bridgehead atoms. The van der Waals surface area contributed by atoms with Crippen LogP contribution in [0, 0.1) is 0 Å². The molecule has 1 aromatic carbocycles. The molecule has 0 saturated carbocycles. The molecule has 1 heterocycles. The van der Waals surface area contributed by atoms with Crippen LogP contribution in [0.25, 0.3) is 0 Å². The van der Waals surface area contributed by atoms with Gasteiger partial charge in [-0.25, -0.2) is 0 Å². The predicted molar refractivity (Wildman–Crippen MR) is 71.5 cm³/mol. The molecule has 0 aliphatic carbocycles. The molecule has 4 heteroatoms. The summed E-state index contributed by atoms with van der Waals surface area (Å²) in [4.78, 5) is 13.8. The second-order valence-electron chi connectivity index (χ2n) is 4.38. The molecular weight excluding hydrogens is 280 g/mol. The molecule has 1 amide bonds. The molecule has 0 spiro atoms. The van der Waals surface area contributed by atoms with Crippen LogP contribution in [0.5, 0.6) is 0 Å².